The molecule has 0 radical (unpaired) electrons. The van der Waals surface area contributed by atoms with Gasteiger partial charge in [-0.15, -0.1) is 0 Å². The second kappa shape index (κ2) is 7.14. The Bertz CT molecular complexity index is 518. The number of rotatable bonds is 4. The Kier molecular flexibility index (Phi) is 4.98. The molecule has 2 aliphatic rings. The lowest BCUT2D eigenvalue weighted by Gasteiger charge is -2.38. The van der Waals surface area contributed by atoms with Crippen molar-refractivity contribution in [3.63, 3.8) is 0 Å². The van der Waals surface area contributed by atoms with Gasteiger partial charge in [0.05, 0.1) is 20.2 Å². The third kappa shape index (κ3) is 3.80. The van der Waals surface area contributed by atoms with Gasteiger partial charge in [0, 0.05) is 17.7 Å². The van der Waals surface area contributed by atoms with Crippen molar-refractivity contribution in [3.05, 3.63) is 24.3 Å². The van der Waals surface area contributed by atoms with Gasteiger partial charge in [0.25, 0.3) is 5.91 Å². The van der Waals surface area contributed by atoms with Crippen LogP contribution in [0.25, 0.3) is 0 Å². The molecule has 22 heavy (non-hydrogen) atoms. The number of benzene rings is 1. The molecule has 0 aromatic heterocycles. The first-order valence-electron chi connectivity index (χ1n) is 8.52. The number of hydrogen-bond acceptors (Lipinski definition) is 2. The van der Waals surface area contributed by atoms with Crippen molar-refractivity contribution in [3.8, 4) is 5.75 Å². The number of hydrogen-bond donors (Lipinski definition) is 2. The van der Waals surface area contributed by atoms with Crippen LogP contribution in [0.1, 0.15) is 32.1 Å². The molecule has 0 bridgehead atoms. The SMILES string of the molecule is COc1cccc(NC(=O)C[NH+]2CC[C@H]3CCCC[C@@H]3C2)c1. The first kappa shape index (κ1) is 15.3. The van der Waals surface area contributed by atoms with E-state index in [4.69, 9.17) is 4.74 Å². The summed E-state index contributed by atoms with van der Waals surface area (Å²) < 4.78 is 5.19. The number of carbonyl (C=O) groups is 1. The number of fused-ring (bicyclic) bond motifs is 1. The minimum absolute atomic E-state index is 0.109. The number of amides is 1. The Balaban J connectivity index is 1.51. The van der Waals surface area contributed by atoms with Crippen LogP contribution < -0.4 is 15.0 Å². The average molecular weight is 303 g/mol. The predicted molar refractivity (Wildman–Crippen MR) is 87.3 cm³/mol. The maximum absolute atomic E-state index is 12.3. The Labute approximate surface area is 132 Å². The monoisotopic (exact) mass is 303 g/mol. The van der Waals surface area contributed by atoms with Gasteiger partial charge in [0.15, 0.2) is 6.54 Å². The summed E-state index contributed by atoms with van der Waals surface area (Å²) in [5.74, 6) is 2.66. The Hall–Kier alpha value is -1.55. The minimum Gasteiger partial charge on any atom is -0.497 e. The van der Waals surface area contributed by atoms with E-state index in [1.165, 1.54) is 43.5 Å². The zero-order valence-corrected chi connectivity index (χ0v) is 13.4. The van der Waals surface area contributed by atoms with E-state index < -0.39 is 0 Å². The standard InChI is InChI=1S/C18H26N2O2/c1-22-17-8-4-7-16(11-17)19-18(21)13-20-10-9-14-5-2-3-6-15(14)12-20/h4,7-8,11,14-15H,2-3,5-6,9-10,12-13H2,1H3,(H,19,21)/p+1/t14-,15-/m1/s1. The lowest BCUT2D eigenvalue weighted by molar-refractivity contribution is -0.902. The van der Waals surface area contributed by atoms with E-state index >= 15 is 0 Å². The van der Waals surface area contributed by atoms with E-state index in [9.17, 15) is 4.79 Å². The minimum atomic E-state index is 0.109. The molecule has 2 fully saturated rings. The average Bonchev–Trinajstić information content (AvgIpc) is 2.55. The molecule has 1 aliphatic carbocycles. The molecule has 120 valence electrons. The Morgan fingerprint density at radius 2 is 2.09 bits per heavy atom. The zero-order valence-electron chi connectivity index (χ0n) is 13.4. The topological polar surface area (TPSA) is 42.8 Å². The summed E-state index contributed by atoms with van der Waals surface area (Å²) in [6, 6.07) is 7.55. The van der Waals surface area contributed by atoms with Gasteiger partial charge in [-0.3, -0.25) is 4.79 Å². The van der Waals surface area contributed by atoms with Crippen LogP contribution in [0.15, 0.2) is 24.3 Å². The molecule has 0 spiro atoms. The number of anilines is 1. The molecule has 1 unspecified atom stereocenters. The predicted octanol–water partition coefficient (Wildman–Crippen LogP) is 1.73. The number of nitrogens with one attached hydrogen (secondary N) is 2. The molecule has 4 nitrogen and oxygen atoms in total. The normalized spacial score (nSPS) is 27.8. The second-order valence-electron chi connectivity index (χ2n) is 6.75. The fraction of sp³-hybridized carbons (Fsp3) is 0.611. The molecular weight excluding hydrogens is 276 g/mol. The molecule has 1 saturated carbocycles. The number of likely N-dealkylation sites (tertiary alicyclic amines) is 1. The van der Waals surface area contributed by atoms with Gasteiger partial charge in [-0.2, -0.15) is 0 Å². The molecule has 4 heteroatoms. The van der Waals surface area contributed by atoms with Crippen LogP contribution in [0.5, 0.6) is 5.75 Å². The van der Waals surface area contributed by atoms with Crippen LogP contribution in [-0.2, 0) is 4.79 Å². The van der Waals surface area contributed by atoms with Crippen molar-refractivity contribution in [2.24, 2.45) is 11.8 Å². The molecule has 1 heterocycles. The number of ether oxygens (including phenoxy) is 1. The summed E-state index contributed by atoms with van der Waals surface area (Å²) >= 11 is 0. The van der Waals surface area contributed by atoms with Crippen LogP contribution in [0.4, 0.5) is 5.69 Å². The van der Waals surface area contributed by atoms with Crippen molar-refractivity contribution >= 4 is 11.6 Å². The maximum Gasteiger partial charge on any atom is 0.279 e. The molecule has 1 amide bonds. The van der Waals surface area contributed by atoms with Gasteiger partial charge in [0.1, 0.15) is 5.75 Å². The Morgan fingerprint density at radius 3 is 2.91 bits per heavy atom. The van der Waals surface area contributed by atoms with E-state index in [1.807, 2.05) is 24.3 Å². The first-order valence-corrected chi connectivity index (χ1v) is 8.52. The fourth-order valence-corrected chi connectivity index (χ4v) is 4.09. The highest BCUT2D eigenvalue weighted by molar-refractivity contribution is 5.91. The summed E-state index contributed by atoms with van der Waals surface area (Å²) in [6.45, 7) is 2.91. The summed E-state index contributed by atoms with van der Waals surface area (Å²) in [7, 11) is 1.64. The van der Waals surface area contributed by atoms with Crippen LogP contribution >= 0.6 is 0 Å². The van der Waals surface area contributed by atoms with E-state index in [-0.39, 0.29) is 5.91 Å². The van der Waals surface area contributed by atoms with E-state index in [0.29, 0.717) is 6.54 Å². The van der Waals surface area contributed by atoms with Gasteiger partial charge in [-0.1, -0.05) is 18.9 Å². The van der Waals surface area contributed by atoms with Gasteiger partial charge in [-0.25, -0.2) is 0 Å². The van der Waals surface area contributed by atoms with Gasteiger partial charge in [0.2, 0.25) is 0 Å². The smallest absolute Gasteiger partial charge is 0.279 e. The lowest BCUT2D eigenvalue weighted by atomic mass is 9.75. The van der Waals surface area contributed by atoms with E-state index in [0.717, 1.165) is 29.8 Å². The third-order valence-electron chi connectivity index (χ3n) is 5.25. The molecule has 2 N–H and O–H groups in total. The summed E-state index contributed by atoms with van der Waals surface area (Å²) in [5.41, 5.74) is 0.816. The molecule has 1 saturated heterocycles. The molecule has 1 aromatic rings. The fourth-order valence-electron chi connectivity index (χ4n) is 4.09. The highest BCUT2D eigenvalue weighted by Crippen LogP contribution is 2.32. The molecule has 3 atom stereocenters. The summed E-state index contributed by atoms with van der Waals surface area (Å²) in [6.07, 6.45) is 6.86. The summed E-state index contributed by atoms with van der Waals surface area (Å²) in [5, 5.41) is 3.00. The van der Waals surface area contributed by atoms with Crippen molar-refractivity contribution in [1.82, 2.24) is 0 Å². The lowest BCUT2D eigenvalue weighted by Crippen LogP contribution is -3.15. The second-order valence-corrected chi connectivity index (χ2v) is 6.75. The number of carbonyl (C=O) groups excluding carboxylic acids is 1. The van der Waals surface area contributed by atoms with E-state index in [1.54, 1.807) is 7.11 Å². The van der Waals surface area contributed by atoms with Gasteiger partial charge in [-0.05, 0) is 37.3 Å². The van der Waals surface area contributed by atoms with Crippen molar-refractivity contribution in [2.45, 2.75) is 32.1 Å². The highest BCUT2D eigenvalue weighted by Gasteiger charge is 2.34. The van der Waals surface area contributed by atoms with Crippen LogP contribution in [0.2, 0.25) is 0 Å². The third-order valence-corrected chi connectivity index (χ3v) is 5.25. The van der Waals surface area contributed by atoms with E-state index in [2.05, 4.69) is 5.32 Å². The molecule has 1 aliphatic heterocycles. The van der Waals surface area contributed by atoms with Crippen molar-refractivity contribution in [1.29, 1.82) is 0 Å². The number of piperidine rings is 1. The quantitative estimate of drug-likeness (QED) is 0.889. The maximum atomic E-state index is 12.3. The highest BCUT2D eigenvalue weighted by atomic mass is 16.5. The van der Waals surface area contributed by atoms with Crippen LogP contribution in [-0.4, -0.2) is 32.7 Å². The van der Waals surface area contributed by atoms with Gasteiger partial charge < -0.3 is 15.0 Å². The molecule has 3 rings (SSSR count). The summed E-state index contributed by atoms with van der Waals surface area (Å²) in [4.78, 5) is 13.7. The number of quaternary nitrogens is 1. The zero-order chi connectivity index (χ0) is 15.4. The van der Waals surface area contributed by atoms with Crippen molar-refractivity contribution < 1.29 is 14.4 Å². The molecular formula is C18H27N2O2+. The van der Waals surface area contributed by atoms with Crippen LogP contribution in [0.3, 0.4) is 0 Å². The van der Waals surface area contributed by atoms with Crippen LogP contribution in [0, 0.1) is 11.8 Å². The first-order chi connectivity index (χ1) is 10.7. The van der Waals surface area contributed by atoms with Gasteiger partial charge >= 0.3 is 0 Å². The largest absolute Gasteiger partial charge is 0.497 e. The Morgan fingerprint density at radius 1 is 1.27 bits per heavy atom. The number of methoxy groups -OCH3 is 1. The molecule has 1 aromatic carbocycles. The van der Waals surface area contributed by atoms with Crippen molar-refractivity contribution in [2.75, 3.05) is 32.1 Å².